The predicted molar refractivity (Wildman–Crippen MR) is 187 cm³/mol. The molecule has 4 heteroatoms. The minimum atomic E-state index is 0.629. The zero-order valence-electron chi connectivity index (χ0n) is 25.6. The van der Waals surface area contributed by atoms with E-state index < -0.39 is 0 Å². The molecule has 2 nitrogen and oxygen atoms in total. The van der Waals surface area contributed by atoms with Crippen LogP contribution in [0.3, 0.4) is 0 Å². The van der Waals surface area contributed by atoms with E-state index in [4.69, 9.17) is 9.47 Å². The molecule has 0 N–H and O–H groups in total. The van der Waals surface area contributed by atoms with E-state index in [1.807, 2.05) is 22.7 Å². The quantitative estimate of drug-likeness (QED) is 0.124. The molecule has 0 aliphatic carbocycles. The van der Waals surface area contributed by atoms with E-state index in [1.54, 1.807) is 0 Å². The molecule has 6 aromatic rings. The van der Waals surface area contributed by atoms with Gasteiger partial charge in [-0.3, -0.25) is 0 Å². The van der Waals surface area contributed by atoms with Gasteiger partial charge in [0.1, 0.15) is 11.5 Å². The van der Waals surface area contributed by atoms with E-state index in [0.29, 0.717) is 11.8 Å². The van der Waals surface area contributed by atoms with Gasteiger partial charge in [-0.25, -0.2) is 0 Å². The SMILES string of the molecule is CCCCC(CC)COc1ccc2ccc3c(sc4c5ccc6ccc(OC[C@@H](CC)CCCC)cc6c5sc34)c2c1. The highest BCUT2D eigenvalue weighted by molar-refractivity contribution is 7.37. The molecule has 2 atom stereocenters. The van der Waals surface area contributed by atoms with Crippen LogP contribution in [0.15, 0.2) is 60.7 Å². The van der Waals surface area contributed by atoms with Crippen molar-refractivity contribution >= 4 is 73.8 Å². The van der Waals surface area contributed by atoms with Crippen LogP contribution in [0.4, 0.5) is 0 Å². The minimum absolute atomic E-state index is 0.629. The number of hydrogen-bond acceptors (Lipinski definition) is 4. The van der Waals surface area contributed by atoms with Crippen molar-refractivity contribution in [2.24, 2.45) is 11.8 Å². The standard InChI is InChI=1S/C38H44O2S2/c1-5-9-11-25(7-3)23-39-29-17-13-27-15-19-31-35(33(27)21-29)41-38-32-20-16-28-14-18-30(22-34(28)36(32)42-37(31)38)40-24-26(8-4)12-10-6-2/h13-22,25-26H,5-12,23-24H2,1-4H3/t25-,26?/m0/s1. The number of thiophene rings is 2. The lowest BCUT2D eigenvalue weighted by atomic mass is 10.0. The highest BCUT2D eigenvalue weighted by Gasteiger charge is 2.17. The second kappa shape index (κ2) is 13.2. The second-order valence-electron chi connectivity index (χ2n) is 12.0. The van der Waals surface area contributed by atoms with Crippen LogP contribution in [-0.4, -0.2) is 13.2 Å². The Morgan fingerprint density at radius 3 is 1.36 bits per heavy atom. The van der Waals surface area contributed by atoms with Crippen LogP contribution in [0.5, 0.6) is 11.5 Å². The average molecular weight is 597 g/mol. The van der Waals surface area contributed by atoms with Crippen molar-refractivity contribution in [3.63, 3.8) is 0 Å². The molecule has 0 radical (unpaired) electrons. The fraction of sp³-hybridized carbons (Fsp3) is 0.421. The molecule has 0 saturated carbocycles. The Kier molecular flexibility index (Phi) is 9.21. The first-order valence-electron chi connectivity index (χ1n) is 16.1. The Morgan fingerprint density at radius 1 is 0.524 bits per heavy atom. The first-order chi connectivity index (χ1) is 20.6. The summed E-state index contributed by atoms with van der Waals surface area (Å²) in [6.07, 6.45) is 9.90. The zero-order chi connectivity index (χ0) is 29.1. The summed E-state index contributed by atoms with van der Waals surface area (Å²) in [4.78, 5) is 0. The van der Waals surface area contributed by atoms with E-state index in [9.17, 15) is 0 Å². The fourth-order valence-electron chi connectivity index (χ4n) is 6.18. The van der Waals surface area contributed by atoms with E-state index >= 15 is 0 Å². The van der Waals surface area contributed by atoms with Crippen molar-refractivity contribution in [2.45, 2.75) is 79.1 Å². The molecule has 0 spiro atoms. The summed E-state index contributed by atoms with van der Waals surface area (Å²) in [6.45, 7) is 10.7. The van der Waals surface area contributed by atoms with Crippen LogP contribution in [-0.2, 0) is 0 Å². The van der Waals surface area contributed by atoms with E-state index in [2.05, 4.69) is 88.4 Å². The summed E-state index contributed by atoms with van der Waals surface area (Å²) in [5.74, 6) is 3.24. The molecule has 6 rings (SSSR count). The molecular weight excluding hydrogens is 553 g/mol. The van der Waals surface area contributed by atoms with Crippen molar-refractivity contribution in [3.8, 4) is 11.5 Å². The lowest BCUT2D eigenvalue weighted by Gasteiger charge is -2.16. The number of ether oxygens (including phenoxy) is 2. The van der Waals surface area contributed by atoms with Crippen LogP contribution in [0, 0.1) is 11.8 Å². The smallest absolute Gasteiger partial charge is 0.119 e. The molecule has 0 bridgehead atoms. The summed E-state index contributed by atoms with van der Waals surface area (Å²) in [5, 5.41) is 7.89. The van der Waals surface area contributed by atoms with Gasteiger partial charge in [-0.15, -0.1) is 22.7 Å². The third-order valence-electron chi connectivity index (χ3n) is 9.05. The largest absolute Gasteiger partial charge is 0.493 e. The molecule has 2 heterocycles. The number of hydrogen-bond donors (Lipinski definition) is 0. The Labute approximate surface area is 258 Å². The van der Waals surface area contributed by atoms with Gasteiger partial charge in [-0.1, -0.05) is 103 Å². The first-order valence-corrected chi connectivity index (χ1v) is 17.8. The third kappa shape index (κ3) is 5.85. The van der Waals surface area contributed by atoms with Crippen LogP contribution in [0.25, 0.3) is 51.1 Å². The van der Waals surface area contributed by atoms with Gasteiger partial charge in [-0.05, 0) is 59.7 Å². The summed E-state index contributed by atoms with van der Waals surface area (Å²) < 4.78 is 18.2. The lowest BCUT2D eigenvalue weighted by molar-refractivity contribution is 0.233. The highest BCUT2D eigenvalue weighted by atomic mass is 32.1. The van der Waals surface area contributed by atoms with Crippen LogP contribution in [0.2, 0.25) is 0 Å². The van der Waals surface area contributed by atoms with Crippen LogP contribution < -0.4 is 9.47 Å². The summed E-state index contributed by atoms with van der Waals surface area (Å²) in [7, 11) is 0. The molecule has 0 fully saturated rings. The average Bonchev–Trinajstić information content (AvgIpc) is 3.58. The maximum Gasteiger partial charge on any atom is 0.119 e. The third-order valence-corrected chi connectivity index (χ3v) is 11.7. The molecule has 42 heavy (non-hydrogen) atoms. The Bertz CT molecular complexity index is 1680. The maximum atomic E-state index is 6.35. The summed E-state index contributed by atoms with van der Waals surface area (Å²) >= 11 is 3.87. The number of unbranched alkanes of at least 4 members (excludes halogenated alkanes) is 2. The number of rotatable bonds is 14. The van der Waals surface area contributed by atoms with Crippen molar-refractivity contribution in [1.29, 1.82) is 0 Å². The van der Waals surface area contributed by atoms with Gasteiger partial charge in [0, 0.05) is 30.9 Å². The first kappa shape index (κ1) is 29.3. The van der Waals surface area contributed by atoms with Crippen molar-refractivity contribution in [2.75, 3.05) is 13.2 Å². The normalized spacial score (nSPS) is 13.5. The van der Waals surface area contributed by atoms with E-state index in [-0.39, 0.29) is 0 Å². The highest BCUT2D eigenvalue weighted by Crippen LogP contribution is 2.48. The summed E-state index contributed by atoms with van der Waals surface area (Å²) in [5.41, 5.74) is 0. The van der Waals surface area contributed by atoms with E-state index in [1.165, 1.54) is 102 Å². The molecule has 220 valence electrons. The van der Waals surface area contributed by atoms with Crippen LogP contribution >= 0.6 is 22.7 Å². The van der Waals surface area contributed by atoms with Crippen molar-refractivity contribution in [3.05, 3.63) is 60.7 Å². The van der Waals surface area contributed by atoms with Gasteiger partial charge in [0.15, 0.2) is 0 Å². The number of fused-ring (bicyclic) bond motifs is 9. The molecule has 4 aromatic carbocycles. The van der Waals surface area contributed by atoms with E-state index in [0.717, 1.165) is 24.7 Å². The molecule has 1 unspecified atom stereocenters. The zero-order valence-corrected chi connectivity index (χ0v) is 27.3. The van der Waals surface area contributed by atoms with Gasteiger partial charge in [-0.2, -0.15) is 0 Å². The monoisotopic (exact) mass is 596 g/mol. The van der Waals surface area contributed by atoms with Gasteiger partial charge < -0.3 is 9.47 Å². The Morgan fingerprint density at radius 2 is 0.952 bits per heavy atom. The fourth-order valence-corrected chi connectivity index (χ4v) is 9.06. The minimum Gasteiger partial charge on any atom is -0.493 e. The second-order valence-corrected chi connectivity index (χ2v) is 14.0. The van der Waals surface area contributed by atoms with Crippen molar-refractivity contribution < 1.29 is 9.47 Å². The number of benzene rings is 4. The van der Waals surface area contributed by atoms with Crippen molar-refractivity contribution in [1.82, 2.24) is 0 Å². The van der Waals surface area contributed by atoms with Gasteiger partial charge in [0.2, 0.25) is 0 Å². The molecule has 0 saturated heterocycles. The molecule has 0 amide bonds. The maximum absolute atomic E-state index is 6.35. The molecular formula is C38H44O2S2. The predicted octanol–water partition coefficient (Wildman–Crippen LogP) is 12.8. The van der Waals surface area contributed by atoms with Gasteiger partial charge in [0.25, 0.3) is 0 Å². The molecule has 0 aliphatic rings. The molecule has 0 aliphatic heterocycles. The Balaban J connectivity index is 1.34. The topological polar surface area (TPSA) is 18.5 Å². The lowest BCUT2D eigenvalue weighted by Crippen LogP contribution is -2.11. The molecule has 2 aromatic heterocycles. The Hall–Kier alpha value is -2.82. The summed E-state index contributed by atoms with van der Waals surface area (Å²) in [6, 6.07) is 22.5. The van der Waals surface area contributed by atoms with Crippen LogP contribution in [0.1, 0.15) is 79.1 Å². The van der Waals surface area contributed by atoms with Gasteiger partial charge in [0.05, 0.1) is 22.6 Å². The van der Waals surface area contributed by atoms with Gasteiger partial charge >= 0.3 is 0 Å².